The highest BCUT2D eigenvalue weighted by atomic mass is 19.1. The summed E-state index contributed by atoms with van der Waals surface area (Å²) in [7, 11) is 0. The molecule has 102 valence electrons. The summed E-state index contributed by atoms with van der Waals surface area (Å²) in [6.45, 7) is 0. The number of nitrogens with two attached hydrogens (primary N) is 1. The van der Waals surface area contributed by atoms with Crippen molar-refractivity contribution in [1.82, 2.24) is 9.97 Å². The molecule has 0 bridgehead atoms. The number of nitro groups is 1. The molecule has 0 radical (unpaired) electrons. The van der Waals surface area contributed by atoms with Crippen molar-refractivity contribution >= 4 is 11.5 Å². The van der Waals surface area contributed by atoms with E-state index in [1.807, 2.05) is 0 Å². The second kappa shape index (κ2) is 5.26. The van der Waals surface area contributed by atoms with Crippen LogP contribution >= 0.6 is 0 Å². The second-order valence-corrected chi connectivity index (χ2v) is 3.60. The zero-order valence-corrected chi connectivity index (χ0v) is 9.91. The fourth-order valence-corrected chi connectivity index (χ4v) is 1.40. The molecule has 2 aromatic rings. The first-order valence-electron chi connectivity index (χ1n) is 5.26. The Balaban J connectivity index is 2.34. The van der Waals surface area contributed by atoms with Crippen molar-refractivity contribution in [2.24, 2.45) is 5.73 Å². The van der Waals surface area contributed by atoms with Crippen LogP contribution in [0.4, 0.5) is 10.1 Å². The molecule has 0 aliphatic heterocycles. The maximum Gasteiger partial charge on any atom is 0.305 e. The number of rotatable bonds is 4. The number of nitrogen functional groups attached to an aromatic ring is 1. The number of nitrogens with one attached hydrogen (secondary N) is 1. The Morgan fingerprint density at radius 3 is 2.70 bits per heavy atom. The van der Waals surface area contributed by atoms with Crippen LogP contribution in [-0.2, 0) is 0 Å². The minimum atomic E-state index is -1.04. The zero-order chi connectivity index (χ0) is 14.7. The van der Waals surface area contributed by atoms with Crippen LogP contribution < -0.4 is 10.5 Å². The first kappa shape index (κ1) is 13.3. The van der Waals surface area contributed by atoms with Crippen molar-refractivity contribution in [1.29, 1.82) is 5.41 Å². The summed E-state index contributed by atoms with van der Waals surface area (Å²) in [6, 6.07) is 3.02. The number of benzene rings is 1. The van der Waals surface area contributed by atoms with Gasteiger partial charge in [-0.15, -0.1) is 0 Å². The largest absolute Gasteiger partial charge is 0.437 e. The first-order chi connectivity index (χ1) is 9.49. The molecule has 0 fully saturated rings. The number of hydrogen-bond acceptors (Lipinski definition) is 6. The van der Waals surface area contributed by atoms with E-state index in [1.165, 1.54) is 18.5 Å². The van der Waals surface area contributed by atoms with E-state index < -0.39 is 16.4 Å². The van der Waals surface area contributed by atoms with Gasteiger partial charge in [-0.3, -0.25) is 15.5 Å². The number of amidine groups is 1. The maximum atomic E-state index is 13.4. The molecule has 0 aliphatic rings. The van der Waals surface area contributed by atoms with E-state index in [4.69, 9.17) is 15.9 Å². The molecule has 0 saturated heterocycles. The molecule has 1 heterocycles. The number of aromatic nitrogens is 2. The fraction of sp³-hybridized carbons (Fsp3) is 0. The minimum Gasteiger partial charge on any atom is -0.437 e. The lowest BCUT2D eigenvalue weighted by atomic mass is 10.3. The van der Waals surface area contributed by atoms with Crippen molar-refractivity contribution in [3.63, 3.8) is 0 Å². The van der Waals surface area contributed by atoms with E-state index in [0.29, 0.717) is 0 Å². The summed E-state index contributed by atoms with van der Waals surface area (Å²) in [5.41, 5.74) is 4.63. The van der Waals surface area contributed by atoms with Gasteiger partial charge in [-0.05, 0) is 6.07 Å². The Labute approximate surface area is 111 Å². The summed E-state index contributed by atoms with van der Waals surface area (Å²) in [4.78, 5) is 17.3. The minimum absolute atomic E-state index is 0.00809. The Bertz CT molecular complexity index is 692. The number of hydrogen-bond donors (Lipinski definition) is 2. The van der Waals surface area contributed by atoms with E-state index in [1.54, 1.807) is 0 Å². The monoisotopic (exact) mass is 277 g/mol. The molecule has 1 aromatic carbocycles. The van der Waals surface area contributed by atoms with E-state index in [2.05, 4.69) is 9.97 Å². The third kappa shape index (κ3) is 2.66. The lowest BCUT2D eigenvalue weighted by Crippen LogP contribution is -2.15. The zero-order valence-electron chi connectivity index (χ0n) is 9.91. The normalized spacial score (nSPS) is 10.1. The summed E-state index contributed by atoms with van der Waals surface area (Å²) in [5, 5.41) is 17.8. The molecule has 0 spiro atoms. The van der Waals surface area contributed by atoms with Gasteiger partial charge in [-0.25, -0.2) is 9.97 Å². The molecule has 0 amide bonds. The van der Waals surface area contributed by atoms with Crippen LogP contribution in [-0.4, -0.2) is 20.7 Å². The lowest BCUT2D eigenvalue weighted by Gasteiger charge is -2.07. The van der Waals surface area contributed by atoms with Crippen molar-refractivity contribution < 1.29 is 14.1 Å². The molecule has 9 heteroatoms. The van der Waals surface area contributed by atoms with Gasteiger partial charge in [0.2, 0.25) is 11.7 Å². The molecule has 0 atom stereocenters. The van der Waals surface area contributed by atoms with Crippen LogP contribution in [0.5, 0.6) is 11.6 Å². The topological polar surface area (TPSA) is 128 Å². The van der Waals surface area contributed by atoms with E-state index >= 15 is 0 Å². The van der Waals surface area contributed by atoms with Crippen molar-refractivity contribution in [2.75, 3.05) is 0 Å². The predicted octanol–water partition coefficient (Wildman–Crippen LogP) is 1.60. The van der Waals surface area contributed by atoms with Crippen LogP contribution in [0.1, 0.15) is 5.69 Å². The molecule has 0 aliphatic carbocycles. The van der Waals surface area contributed by atoms with E-state index in [9.17, 15) is 14.5 Å². The second-order valence-electron chi connectivity index (χ2n) is 3.60. The average Bonchev–Trinajstić information content (AvgIpc) is 2.38. The van der Waals surface area contributed by atoms with Gasteiger partial charge in [0, 0.05) is 24.5 Å². The summed E-state index contributed by atoms with van der Waals surface area (Å²) < 4.78 is 18.7. The lowest BCUT2D eigenvalue weighted by molar-refractivity contribution is -0.387. The number of ether oxygens (including phenoxy) is 1. The van der Waals surface area contributed by atoms with Crippen molar-refractivity contribution in [2.45, 2.75) is 0 Å². The van der Waals surface area contributed by atoms with Gasteiger partial charge in [0.05, 0.1) is 4.92 Å². The smallest absolute Gasteiger partial charge is 0.305 e. The van der Waals surface area contributed by atoms with Gasteiger partial charge in [0.25, 0.3) is 0 Å². The van der Waals surface area contributed by atoms with Crippen molar-refractivity contribution in [3.05, 3.63) is 52.2 Å². The molecular weight excluding hydrogens is 269 g/mol. The van der Waals surface area contributed by atoms with Gasteiger partial charge in [-0.1, -0.05) is 0 Å². The van der Waals surface area contributed by atoms with Crippen LogP contribution in [0.2, 0.25) is 0 Å². The highest BCUT2D eigenvalue weighted by Gasteiger charge is 2.16. The van der Waals surface area contributed by atoms with Crippen LogP contribution in [0, 0.1) is 21.3 Å². The van der Waals surface area contributed by atoms with E-state index in [0.717, 1.165) is 12.1 Å². The third-order valence-corrected chi connectivity index (χ3v) is 2.25. The molecule has 8 nitrogen and oxygen atoms in total. The van der Waals surface area contributed by atoms with Gasteiger partial charge in [0.15, 0.2) is 5.69 Å². The molecule has 1 aromatic heterocycles. The molecule has 0 unspecified atom stereocenters. The summed E-state index contributed by atoms with van der Waals surface area (Å²) in [5.74, 6) is -1.51. The molecule has 20 heavy (non-hydrogen) atoms. The fourth-order valence-electron chi connectivity index (χ4n) is 1.40. The van der Waals surface area contributed by atoms with Crippen LogP contribution in [0.25, 0.3) is 0 Å². The van der Waals surface area contributed by atoms with Gasteiger partial charge in [-0.2, -0.15) is 4.39 Å². The molecule has 0 saturated carbocycles. The highest BCUT2D eigenvalue weighted by molar-refractivity contribution is 5.95. The number of nitrogens with zero attached hydrogens (tertiary/aromatic N) is 3. The quantitative estimate of drug-likeness (QED) is 0.378. The number of nitro benzene ring substituents is 1. The average molecular weight is 277 g/mol. The maximum absolute atomic E-state index is 13.4. The van der Waals surface area contributed by atoms with Gasteiger partial charge >= 0.3 is 5.69 Å². The Morgan fingerprint density at radius 1 is 1.40 bits per heavy atom. The predicted molar refractivity (Wildman–Crippen MR) is 66.2 cm³/mol. The molecule has 3 N–H and O–H groups in total. The highest BCUT2D eigenvalue weighted by Crippen LogP contribution is 2.26. The van der Waals surface area contributed by atoms with Crippen LogP contribution in [0.15, 0.2) is 30.6 Å². The Kier molecular flexibility index (Phi) is 3.51. The summed E-state index contributed by atoms with van der Waals surface area (Å²) in [6.07, 6.45) is 2.63. The SMILES string of the molecule is N=C(N)c1nccnc1Oc1ccc([N+](=O)[O-])c(F)c1. The Morgan fingerprint density at radius 2 is 2.10 bits per heavy atom. The standard InChI is InChI=1S/C11H8FN5O3/c12-7-5-6(1-2-8(7)17(18)19)20-11-9(10(13)14)15-3-4-16-11/h1-5H,(H3,13,14). The van der Waals surface area contributed by atoms with Crippen LogP contribution in [0.3, 0.4) is 0 Å². The third-order valence-electron chi connectivity index (χ3n) is 2.25. The summed E-state index contributed by atoms with van der Waals surface area (Å²) >= 11 is 0. The van der Waals surface area contributed by atoms with E-state index in [-0.39, 0.29) is 23.2 Å². The van der Waals surface area contributed by atoms with Gasteiger partial charge in [0.1, 0.15) is 11.6 Å². The first-order valence-corrected chi connectivity index (χ1v) is 5.26. The van der Waals surface area contributed by atoms with Gasteiger partial charge < -0.3 is 10.5 Å². The molecule has 2 rings (SSSR count). The van der Waals surface area contributed by atoms with Crippen molar-refractivity contribution in [3.8, 4) is 11.6 Å². The Hall–Kier alpha value is -3.10. The molecular formula is C11H8FN5O3. The number of halogens is 1.